The smallest absolute Gasteiger partial charge is 0.243 e. The summed E-state index contributed by atoms with van der Waals surface area (Å²) in [5, 5.41) is 0. The topological polar surface area (TPSA) is 46.3 Å². The Hall–Kier alpha value is -1.00. The van der Waals surface area contributed by atoms with E-state index in [1.54, 1.807) is 30.6 Å². The molecule has 15 heavy (non-hydrogen) atoms. The highest BCUT2D eigenvalue weighted by molar-refractivity contribution is 7.98. The van der Waals surface area contributed by atoms with Gasteiger partial charge in [-0.05, 0) is 37.4 Å². The van der Waals surface area contributed by atoms with Crippen LogP contribution in [-0.2, 0) is 4.79 Å². The highest BCUT2D eigenvalue weighted by Gasteiger charge is 2.14. The molecule has 0 aromatic heterocycles. The molecule has 0 spiro atoms. The van der Waals surface area contributed by atoms with Crippen LogP contribution in [0.5, 0.6) is 0 Å². The quantitative estimate of drug-likeness (QED) is 0.795. The van der Waals surface area contributed by atoms with Gasteiger partial charge < -0.3 is 10.6 Å². The molecule has 1 atom stereocenters. The van der Waals surface area contributed by atoms with Crippen LogP contribution in [0.3, 0.4) is 0 Å². The lowest BCUT2D eigenvalue weighted by Gasteiger charge is -2.19. The van der Waals surface area contributed by atoms with E-state index in [1.165, 1.54) is 4.90 Å². The van der Waals surface area contributed by atoms with Crippen molar-refractivity contribution < 1.29 is 4.79 Å². The number of rotatable bonds is 3. The maximum absolute atomic E-state index is 11.6. The van der Waals surface area contributed by atoms with E-state index < -0.39 is 6.04 Å². The summed E-state index contributed by atoms with van der Waals surface area (Å²) < 4.78 is 0. The molecular weight excluding hydrogens is 208 g/mol. The molecule has 4 heteroatoms. The first-order valence-electron chi connectivity index (χ1n) is 4.73. The maximum Gasteiger partial charge on any atom is 0.243 e. The molecule has 82 valence electrons. The van der Waals surface area contributed by atoms with Crippen molar-refractivity contribution in [3.05, 3.63) is 24.3 Å². The zero-order valence-corrected chi connectivity index (χ0v) is 10.0. The van der Waals surface area contributed by atoms with E-state index >= 15 is 0 Å². The van der Waals surface area contributed by atoms with Crippen molar-refractivity contribution in [3.8, 4) is 0 Å². The summed E-state index contributed by atoms with van der Waals surface area (Å²) >= 11 is 1.68. The molecule has 0 saturated heterocycles. The molecule has 3 nitrogen and oxygen atoms in total. The van der Waals surface area contributed by atoms with Crippen LogP contribution < -0.4 is 10.6 Å². The number of hydrogen-bond acceptors (Lipinski definition) is 3. The minimum absolute atomic E-state index is 0.0769. The second kappa shape index (κ2) is 5.19. The fourth-order valence-electron chi connectivity index (χ4n) is 1.24. The average molecular weight is 224 g/mol. The minimum atomic E-state index is -0.463. The van der Waals surface area contributed by atoms with E-state index in [-0.39, 0.29) is 5.91 Å². The highest BCUT2D eigenvalue weighted by Crippen LogP contribution is 2.19. The lowest BCUT2D eigenvalue weighted by molar-refractivity contribution is -0.119. The minimum Gasteiger partial charge on any atom is -0.320 e. The molecule has 0 radical (unpaired) electrons. The normalized spacial score (nSPS) is 12.3. The lowest BCUT2D eigenvalue weighted by atomic mass is 10.2. The van der Waals surface area contributed by atoms with Crippen molar-refractivity contribution in [1.29, 1.82) is 0 Å². The second-order valence-corrected chi connectivity index (χ2v) is 4.26. The number of carbonyl (C=O) groups excluding carboxylic acids is 1. The molecule has 0 aliphatic rings. The van der Waals surface area contributed by atoms with E-state index in [1.807, 2.05) is 30.5 Å². The Balaban J connectivity index is 2.82. The number of nitrogens with two attached hydrogens (primary N) is 1. The first-order valence-corrected chi connectivity index (χ1v) is 5.96. The fourth-order valence-corrected chi connectivity index (χ4v) is 1.65. The van der Waals surface area contributed by atoms with E-state index in [0.717, 1.165) is 5.69 Å². The van der Waals surface area contributed by atoms with E-state index in [2.05, 4.69) is 0 Å². The number of carbonyl (C=O) groups is 1. The summed E-state index contributed by atoms with van der Waals surface area (Å²) in [5.74, 6) is -0.0769. The van der Waals surface area contributed by atoms with E-state index in [0.29, 0.717) is 0 Å². The molecule has 0 bridgehead atoms. The van der Waals surface area contributed by atoms with Gasteiger partial charge in [0.25, 0.3) is 0 Å². The summed E-state index contributed by atoms with van der Waals surface area (Å²) in [7, 11) is 1.74. The zero-order valence-electron chi connectivity index (χ0n) is 9.23. The van der Waals surface area contributed by atoms with Crippen LogP contribution in [0.2, 0.25) is 0 Å². The van der Waals surface area contributed by atoms with Crippen LogP contribution in [0.4, 0.5) is 5.69 Å². The van der Waals surface area contributed by atoms with Gasteiger partial charge in [-0.1, -0.05) is 0 Å². The summed E-state index contributed by atoms with van der Waals surface area (Å²) in [5.41, 5.74) is 6.41. The van der Waals surface area contributed by atoms with Crippen LogP contribution in [-0.4, -0.2) is 25.3 Å². The summed E-state index contributed by atoms with van der Waals surface area (Å²) in [6.07, 6.45) is 2.02. The first kappa shape index (κ1) is 12.1. The number of benzene rings is 1. The Kier molecular flexibility index (Phi) is 4.17. The molecular formula is C11H16N2OS. The Morgan fingerprint density at radius 2 is 1.93 bits per heavy atom. The van der Waals surface area contributed by atoms with Gasteiger partial charge >= 0.3 is 0 Å². The summed E-state index contributed by atoms with van der Waals surface area (Å²) in [6, 6.07) is 7.36. The SMILES string of the molecule is CSc1ccc(N(C)C(=O)[C@@H](C)N)cc1. The molecule has 0 saturated carbocycles. The van der Waals surface area contributed by atoms with Crippen LogP contribution in [0.1, 0.15) is 6.92 Å². The largest absolute Gasteiger partial charge is 0.320 e. The average Bonchev–Trinajstić information content (AvgIpc) is 2.27. The van der Waals surface area contributed by atoms with Crippen LogP contribution in [0.25, 0.3) is 0 Å². The molecule has 1 aromatic rings. The standard InChI is InChI=1S/C11H16N2OS/c1-8(12)11(14)13(2)9-4-6-10(15-3)7-5-9/h4-8H,12H2,1-3H3/t8-/m1/s1. The Labute approximate surface area is 94.6 Å². The predicted molar refractivity (Wildman–Crippen MR) is 65.3 cm³/mol. The Morgan fingerprint density at radius 1 is 1.40 bits per heavy atom. The first-order chi connectivity index (χ1) is 7.06. The van der Waals surface area contributed by atoms with Crippen molar-refractivity contribution in [1.82, 2.24) is 0 Å². The molecule has 1 amide bonds. The van der Waals surface area contributed by atoms with Gasteiger partial charge in [0.05, 0.1) is 6.04 Å². The molecule has 1 rings (SSSR count). The highest BCUT2D eigenvalue weighted by atomic mass is 32.2. The molecule has 0 heterocycles. The van der Waals surface area contributed by atoms with Crippen LogP contribution in [0, 0.1) is 0 Å². The molecule has 0 aliphatic heterocycles. The summed E-state index contributed by atoms with van der Waals surface area (Å²) in [4.78, 5) is 14.4. The fraction of sp³-hybridized carbons (Fsp3) is 0.364. The lowest BCUT2D eigenvalue weighted by Crippen LogP contribution is -2.39. The Morgan fingerprint density at radius 3 is 2.33 bits per heavy atom. The van der Waals surface area contributed by atoms with E-state index in [4.69, 9.17) is 5.73 Å². The molecule has 0 aliphatic carbocycles. The van der Waals surface area contributed by atoms with Gasteiger partial charge in [0.1, 0.15) is 0 Å². The second-order valence-electron chi connectivity index (χ2n) is 3.38. The third kappa shape index (κ3) is 2.97. The number of amides is 1. The van der Waals surface area contributed by atoms with E-state index in [9.17, 15) is 4.79 Å². The number of likely N-dealkylation sites (N-methyl/N-ethyl adjacent to an activating group) is 1. The van der Waals surface area contributed by atoms with Crippen molar-refractivity contribution in [2.45, 2.75) is 17.9 Å². The van der Waals surface area contributed by atoms with Gasteiger partial charge in [-0.3, -0.25) is 4.79 Å². The summed E-state index contributed by atoms with van der Waals surface area (Å²) in [6.45, 7) is 1.69. The van der Waals surface area contributed by atoms with Gasteiger partial charge in [-0.25, -0.2) is 0 Å². The van der Waals surface area contributed by atoms with Crippen molar-refractivity contribution in [2.24, 2.45) is 5.73 Å². The van der Waals surface area contributed by atoms with Crippen LogP contribution >= 0.6 is 11.8 Å². The third-order valence-electron chi connectivity index (χ3n) is 2.18. The molecule has 2 N–H and O–H groups in total. The van der Waals surface area contributed by atoms with Crippen LogP contribution in [0.15, 0.2) is 29.2 Å². The number of anilines is 1. The van der Waals surface area contributed by atoms with Crippen molar-refractivity contribution in [2.75, 3.05) is 18.2 Å². The molecule has 0 unspecified atom stereocenters. The molecule has 1 aromatic carbocycles. The van der Waals surface area contributed by atoms with Gasteiger partial charge in [0.15, 0.2) is 0 Å². The van der Waals surface area contributed by atoms with Crippen molar-refractivity contribution >= 4 is 23.4 Å². The predicted octanol–water partition coefficient (Wildman–Crippen LogP) is 1.72. The number of hydrogen-bond donors (Lipinski definition) is 1. The maximum atomic E-state index is 11.6. The molecule has 0 fully saturated rings. The van der Waals surface area contributed by atoms with Gasteiger partial charge in [0, 0.05) is 17.6 Å². The third-order valence-corrected chi connectivity index (χ3v) is 2.92. The van der Waals surface area contributed by atoms with Gasteiger partial charge in [-0.15, -0.1) is 11.8 Å². The van der Waals surface area contributed by atoms with Gasteiger partial charge in [0.2, 0.25) is 5.91 Å². The zero-order chi connectivity index (χ0) is 11.4. The number of thioether (sulfide) groups is 1. The van der Waals surface area contributed by atoms with Gasteiger partial charge in [-0.2, -0.15) is 0 Å². The van der Waals surface area contributed by atoms with Crippen molar-refractivity contribution in [3.63, 3.8) is 0 Å². The monoisotopic (exact) mass is 224 g/mol. The number of nitrogens with zero attached hydrogens (tertiary/aromatic N) is 1. The Bertz CT molecular complexity index is 335.